The van der Waals surface area contributed by atoms with Gasteiger partial charge in [-0.2, -0.15) is 0 Å². The van der Waals surface area contributed by atoms with Crippen LogP contribution in [0, 0.1) is 0 Å². The smallest absolute Gasteiger partial charge is 0.123 e. The molecule has 0 bridgehead atoms. The van der Waals surface area contributed by atoms with E-state index in [9.17, 15) is 0 Å². The van der Waals surface area contributed by atoms with Gasteiger partial charge in [0.1, 0.15) is 5.75 Å². The first-order chi connectivity index (χ1) is 8.38. The standard InChI is InChI=1S/C15H23NO/c1-3-4-5-6-9-12-17-15-11-8-7-10-14(15)13-16-2/h3,7-8,10-11,16H,1,4-6,9,12-13H2,2H3. The minimum Gasteiger partial charge on any atom is -0.493 e. The van der Waals surface area contributed by atoms with Crippen LogP contribution < -0.4 is 10.1 Å². The Labute approximate surface area is 105 Å². The molecule has 0 unspecified atom stereocenters. The Morgan fingerprint density at radius 1 is 1.24 bits per heavy atom. The van der Waals surface area contributed by atoms with Gasteiger partial charge in [-0.1, -0.05) is 24.3 Å². The van der Waals surface area contributed by atoms with Crippen molar-refractivity contribution in [1.82, 2.24) is 5.32 Å². The van der Waals surface area contributed by atoms with E-state index in [0.717, 1.165) is 31.7 Å². The second kappa shape index (κ2) is 8.82. The molecule has 1 aromatic rings. The molecule has 0 saturated heterocycles. The molecule has 0 aliphatic carbocycles. The molecule has 0 aliphatic rings. The van der Waals surface area contributed by atoms with Gasteiger partial charge in [0.2, 0.25) is 0 Å². The highest BCUT2D eigenvalue weighted by Gasteiger charge is 2.00. The van der Waals surface area contributed by atoms with Crippen LogP contribution in [0.5, 0.6) is 5.75 Å². The fourth-order valence-corrected chi connectivity index (χ4v) is 1.73. The zero-order valence-corrected chi connectivity index (χ0v) is 10.7. The second-order valence-corrected chi connectivity index (χ2v) is 4.12. The predicted molar refractivity (Wildman–Crippen MR) is 73.4 cm³/mol. The summed E-state index contributed by atoms with van der Waals surface area (Å²) in [6, 6.07) is 8.20. The third kappa shape index (κ3) is 5.55. The average Bonchev–Trinajstić information content (AvgIpc) is 2.36. The molecule has 94 valence electrons. The molecule has 1 rings (SSSR count). The maximum absolute atomic E-state index is 5.80. The summed E-state index contributed by atoms with van der Waals surface area (Å²) in [5, 5.41) is 3.15. The fourth-order valence-electron chi connectivity index (χ4n) is 1.73. The van der Waals surface area contributed by atoms with Gasteiger partial charge in [0, 0.05) is 12.1 Å². The Kier molecular flexibility index (Phi) is 7.15. The number of ether oxygens (including phenoxy) is 1. The molecule has 0 saturated carbocycles. The quantitative estimate of drug-likeness (QED) is 0.520. The van der Waals surface area contributed by atoms with Crippen molar-refractivity contribution in [1.29, 1.82) is 0 Å². The predicted octanol–water partition coefficient (Wildman–Crippen LogP) is 3.53. The van der Waals surface area contributed by atoms with Crippen molar-refractivity contribution in [2.24, 2.45) is 0 Å². The summed E-state index contributed by atoms with van der Waals surface area (Å²) in [4.78, 5) is 0. The summed E-state index contributed by atoms with van der Waals surface area (Å²) >= 11 is 0. The van der Waals surface area contributed by atoms with E-state index in [1.54, 1.807) is 0 Å². The normalized spacial score (nSPS) is 10.2. The molecule has 0 amide bonds. The number of hydrogen-bond acceptors (Lipinski definition) is 2. The Morgan fingerprint density at radius 3 is 2.82 bits per heavy atom. The molecule has 1 N–H and O–H groups in total. The zero-order chi connectivity index (χ0) is 12.3. The average molecular weight is 233 g/mol. The molecule has 17 heavy (non-hydrogen) atoms. The van der Waals surface area contributed by atoms with Gasteiger partial charge in [0.15, 0.2) is 0 Å². The molecule has 0 spiro atoms. The van der Waals surface area contributed by atoms with Gasteiger partial charge < -0.3 is 10.1 Å². The minimum atomic E-state index is 0.803. The van der Waals surface area contributed by atoms with Crippen LogP contribution in [-0.4, -0.2) is 13.7 Å². The molecule has 0 heterocycles. The number of allylic oxidation sites excluding steroid dienone is 1. The number of para-hydroxylation sites is 1. The van der Waals surface area contributed by atoms with Crippen molar-refractivity contribution in [3.05, 3.63) is 42.5 Å². The zero-order valence-electron chi connectivity index (χ0n) is 10.7. The van der Waals surface area contributed by atoms with E-state index in [1.165, 1.54) is 18.4 Å². The van der Waals surface area contributed by atoms with Gasteiger partial charge in [-0.25, -0.2) is 0 Å². The monoisotopic (exact) mass is 233 g/mol. The summed E-state index contributed by atoms with van der Waals surface area (Å²) in [6.45, 7) is 5.38. The lowest BCUT2D eigenvalue weighted by Crippen LogP contribution is -2.08. The number of rotatable bonds is 9. The molecule has 0 aliphatic heterocycles. The Bertz CT molecular complexity index is 322. The maximum atomic E-state index is 5.80. The summed E-state index contributed by atoms with van der Waals surface area (Å²) < 4.78 is 5.80. The van der Waals surface area contributed by atoms with Gasteiger partial charge in [0.05, 0.1) is 6.61 Å². The molecule has 2 heteroatoms. The van der Waals surface area contributed by atoms with Crippen LogP contribution in [-0.2, 0) is 6.54 Å². The molecule has 1 aromatic carbocycles. The fraction of sp³-hybridized carbons (Fsp3) is 0.467. The molecular weight excluding hydrogens is 210 g/mol. The van der Waals surface area contributed by atoms with Crippen LogP contribution in [0.1, 0.15) is 31.2 Å². The number of hydrogen-bond donors (Lipinski definition) is 1. The SMILES string of the molecule is C=CCCCCCOc1ccccc1CNC. The van der Waals surface area contributed by atoms with Gasteiger partial charge >= 0.3 is 0 Å². The van der Waals surface area contributed by atoms with Crippen molar-refractivity contribution >= 4 is 0 Å². The molecule has 0 aromatic heterocycles. The minimum absolute atomic E-state index is 0.803. The van der Waals surface area contributed by atoms with Crippen LogP contribution in [0.25, 0.3) is 0 Å². The van der Waals surface area contributed by atoms with Gasteiger partial charge in [-0.05, 0) is 38.8 Å². The Morgan fingerprint density at radius 2 is 2.06 bits per heavy atom. The second-order valence-electron chi connectivity index (χ2n) is 4.12. The van der Waals surface area contributed by atoms with Crippen molar-refractivity contribution in [3.63, 3.8) is 0 Å². The maximum Gasteiger partial charge on any atom is 0.123 e. The van der Waals surface area contributed by atoms with Crippen LogP contribution in [0.3, 0.4) is 0 Å². The van der Waals surface area contributed by atoms with Gasteiger partial charge in [-0.15, -0.1) is 6.58 Å². The largest absolute Gasteiger partial charge is 0.493 e. The molecule has 0 radical (unpaired) electrons. The van der Waals surface area contributed by atoms with Gasteiger partial charge in [-0.3, -0.25) is 0 Å². The highest BCUT2D eigenvalue weighted by Crippen LogP contribution is 2.18. The summed E-state index contributed by atoms with van der Waals surface area (Å²) in [5.41, 5.74) is 1.22. The van der Waals surface area contributed by atoms with Crippen LogP contribution in [0.2, 0.25) is 0 Å². The van der Waals surface area contributed by atoms with Gasteiger partial charge in [0.25, 0.3) is 0 Å². The Hall–Kier alpha value is -1.28. The molecule has 0 atom stereocenters. The van der Waals surface area contributed by atoms with E-state index in [0.29, 0.717) is 0 Å². The van der Waals surface area contributed by atoms with E-state index in [2.05, 4.69) is 18.0 Å². The third-order valence-corrected chi connectivity index (χ3v) is 2.65. The first-order valence-electron chi connectivity index (χ1n) is 6.34. The highest BCUT2D eigenvalue weighted by molar-refractivity contribution is 5.33. The lowest BCUT2D eigenvalue weighted by Gasteiger charge is -2.10. The van der Waals surface area contributed by atoms with Crippen LogP contribution in [0.15, 0.2) is 36.9 Å². The molecule has 2 nitrogen and oxygen atoms in total. The topological polar surface area (TPSA) is 21.3 Å². The lowest BCUT2D eigenvalue weighted by molar-refractivity contribution is 0.302. The van der Waals surface area contributed by atoms with Crippen molar-refractivity contribution in [3.8, 4) is 5.75 Å². The van der Waals surface area contributed by atoms with E-state index in [1.807, 2.05) is 31.3 Å². The Balaban J connectivity index is 2.28. The number of unbranched alkanes of at least 4 members (excludes halogenated alkanes) is 3. The summed E-state index contributed by atoms with van der Waals surface area (Å²) in [6.07, 6.45) is 6.62. The third-order valence-electron chi connectivity index (χ3n) is 2.65. The number of nitrogens with one attached hydrogen (secondary N) is 1. The lowest BCUT2D eigenvalue weighted by atomic mass is 10.2. The first kappa shape index (κ1) is 13.8. The van der Waals surface area contributed by atoms with E-state index in [4.69, 9.17) is 4.74 Å². The molecule has 0 fully saturated rings. The summed E-state index contributed by atoms with van der Waals surface area (Å²) in [5.74, 6) is 1.01. The summed E-state index contributed by atoms with van der Waals surface area (Å²) in [7, 11) is 1.95. The van der Waals surface area contributed by atoms with E-state index >= 15 is 0 Å². The highest BCUT2D eigenvalue weighted by atomic mass is 16.5. The van der Waals surface area contributed by atoms with Crippen LogP contribution >= 0.6 is 0 Å². The van der Waals surface area contributed by atoms with E-state index < -0.39 is 0 Å². The van der Waals surface area contributed by atoms with E-state index in [-0.39, 0.29) is 0 Å². The number of benzene rings is 1. The van der Waals surface area contributed by atoms with Crippen molar-refractivity contribution < 1.29 is 4.74 Å². The van der Waals surface area contributed by atoms with Crippen molar-refractivity contribution in [2.45, 2.75) is 32.2 Å². The first-order valence-corrected chi connectivity index (χ1v) is 6.34. The molecular formula is C15H23NO. The van der Waals surface area contributed by atoms with Crippen molar-refractivity contribution in [2.75, 3.05) is 13.7 Å². The van der Waals surface area contributed by atoms with Crippen LogP contribution in [0.4, 0.5) is 0 Å².